The maximum absolute atomic E-state index is 12.4. The molecule has 0 radical (unpaired) electrons. The largest absolute Gasteiger partial charge is 0.491 e. The minimum atomic E-state index is -3.75. The van der Waals surface area contributed by atoms with E-state index < -0.39 is 10.0 Å². The van der Waals surface area contributed by atoms with Crippen molar-refractivity contribution in [3.05, 3.63) is 36.0 Å². The highest BCUT2D eigenvalue weighted by atomic mass is 32.2. The summed E-state index contributed by atoms with van der Waals surface area (Å²) in [5.41, 5.74) is 0.603. The Morgan fingerprint density at radius 2 is 2.04 bits per heavy atom. The molecule has 0 aliphatic carbocycles. The molecule has 0 amide bonds. The second kappa shape index (κ2) is 6.82. The van der Waals surface area contributed by atoms with E-state index in [4.69, 9.17) is 14.0 Å². The minimum Gasteiger partial charge on any atom is -0.491 e. The Morgan fingerprint density at radius 3 is 2.67 bits per heavy atom. The van der Waals surface area contributed by atoms with Gasteiger partial charge in [0.15, 0.2) is 0 Å². The average molecular weight is 352 g/mol. The van der Waals surface area contributed by atoms with E-state index in [0.717, 1.165) is 12.8 Å². The second-order valence-corrected chi connectivity index (χ2v) is 7.54. The van der Waals surface area contributed by atoms with Gasteiger partial charge in [-0.2, -0.15) is 0 Å². The van der Waals surface area contributed by atoms with Gasteiger partial charge in [0.05, 0.1) is 11.0 Å². The normalized spacial score (nSPS) is 18.0. The minimum absolute atomic E-state index is 0.0241. The molecule has 3 rings (SSSR count). The van der Waals surface area contributed by atoms with Crippen LogP contribution < -0.4 is 9.46 Å². The lowest BCUT2D eigenvalue weighted by Crippen LogP contribution is -2.12. The molecule has 130 valence electrons. The Labute approximate surface area is 141 Å². The molecule has 1 atom stereocenters. The molecule has 24 heavy (non-hydrogen) atoms. The van der Waals surface area contributed by atoms with Crippen molar-refractivity contribution in [2.75, 3.05) is 11.3 Å². The zero-order valence-corrected chi connectivity index (χ0v) is 14.4. The number of aromatic nitrogens is 1. The summed E-state index contributed by atoms with van der Waals surface area (Å²) in [6.45, 7) is 4.49. The van der Waals surface area contributed by atoms with Gasteiger partial charge in [0.25, 0.3) is 10.0 Å². The van der Waals surface area contributed by atoms with Gasteiger partial charge in [0, 0.05) is 12.7 Å². The molecule has 1 aliphatic rings. The molecule has 1 fully saturated rings. The van der Waals surface area contributed by atoms with Gasteiger partial charge in [-0.05, 0) is 51.0 Å². The third-order valence-corrected chi connectivity index (χ3v) is 4.89. The number of benzene rings is 1. The summed E-state index contributed by atoms with van der Waals surface area (Å²) in [7, 11) is -3.75. The van der Waals surface area contributed by atoms with Gasteiger partial charge in [-0.25, -0.2) is 13.1 Å². The first-order valence-electron chi connectivity index (χ1n) is 7.82. The van der Waals surface area contributed by atoms with Crippen LogP contribution in [0.3, 0.4) is 0 Å². The SMILES string of the molecule is CC(C)Oc1ccc(S(=O)(=O)Nc2cc([C@H]3CCCO3)no2)cc1. The lowest BCUT2D eigenvalue weighted by molar-refractivity contribution is 0.105. The van der Waals surface area contributed by atoms with Gasteiger partial charge in [-0.3, -0.25) is 0 Å². The van der Waals surface area contributed by atoms with Crippen LogP contribution in [-0.4, -0.2) is 26.3 Å². The molecule has 2 aromatic rings. The molecule has 8 heteroatoms. The quantitative estimate of drug-likeness (QED) is 0.859. The first-order valence-corrected chi connectivity index (χ1v) is 9.30. The van der Waals surface area contributed by atoms with Gasteiger partial charge in [-0.15, -0.1) is 0 Å². The summed E-state index contributed by atoms with van der Waals surface area (Å²) in [5.74, 6) is 0.687. The number of nitrogens with one attached hydrogen (secondary N) is 1. The molecule has 0 saturated carbocycles. The fourth-order valence-corrected chi connectivity index (χ4v) is 3.43. The number of sulfonamides is 1. The van der Waals surface area contributed by atoms with Crippen LogP contribution in [0.5, 0.6) is 5.75 Å². The summed E-state index contributed by atoms with van der Waals surface area (Å²) in [6.07, 6.45) is 1.72. The molecule has 1 aliphatic heterocycles. The molecule has 0 spiro atoms. The van der Waals surface area contributed by atoms with E-state index in [1.54, 1.807) is 18.2 Å². The van der Waals surface area contributed by atoms with E-state index >= 15 is 0 Å². The number of ether oxygens (including phenoxy) is 2. The lowest BCUT2D eigenvalue weighted by Gasteiger charge is -2.10. The fourth-order valence-electron chi connectivity index (χ4n) is 2.46. The molecule has 1 saturated heterocycles. The standard InChI is InChI=1S/C16H20N2O5S/c1-11(2)22-12-5-7-13(8-6-12)24(19,20)18-16-10-14(17-23-16)15-4-3-9-21-15/h5-8,10-11,15,18H,3-4,9H2,1-2H3/t15-/m1/s1. The van der Waals surface area contributed by atoms with E-state index in [1.165, 1.54) is 12.1 Å². The molecular weight excluding hydrogens is 332 g/mol. The number of anilines is 1. The van der Waals surface area contributed by atoms with Crippen molar-refractivity contribution in [3.8, 4) is 5.75 Å². The fraction of sp³-hybridized carbons (Fsp3) is 0.438. The van der Waals surface area contributed by atoms with Crippen LogP contribution in [-0.2, 0) is 14.8 Å². The van der Waals surface area contributed by atoms with Crippen LogP contribution in [0, 0.1) is 0 Å². The van der Waals surface area contributed by atoms with Gasteiger partial charge in [0.2, 0.25) is 5.88 Å². The highest BCUT2D eigenvalue weighted by molar-refractivity contribution is 7.92. The summed E-state index contributed by atoms with van der Waals surface area (Å²) < 4.78 is 43.2. The molecule has 1 N–H and O–H groups in total. The topological polar surface area (TPSA) is 90.7 Å². The second-order valence-electron chi connectivity index (χ2n) is 5.86. The van der Waals surface area contributed by atoms with Crippen molar-refractivity contribution in [2.45, 2.75) is 43.8 Å². The zero-order chi connectivity index (χ0) is 17.2. The Kier molecular flexibility index (Phi) is 4.77. The van der Waals surface area contributed by atoms with Crippen LogP contribution in [0.25, 0.3) is 0 Å². The first-order chi connectivity index (χ1) is 11.4. The van der Waals surface area contributed by atoms with Gasteiger partial charge in [0.1, 0.15) is 17.5 Å². The molecule has 0 bridgehead atoms. The lowest BCUT2D eigenvalue weighted by atomic mass is 10.2. The van der Waals surface area contributed by atoms with E-state index in [1.807, 2.05) is 13.8 Å². The number of rotatable bonds is 6. The predicted octanol–water partition coefficient (Wildman–Crippen LogP) is 3.11. The van der Waals surface area contributed by atoms with E-state index in [-0.39, 0.29) is 23.0 Å². The molecule has 1 aromatic heterocycles. The van der Waals surface area contributed by atoms with Crippen LogP contribution in [0.2, 0.25) is 0 Å². The Bertz CT molecular complexity index is 777. The van der Waals surface area contributed by atoms with Crippen LogP contribution in [0.1, 0.15) is 38.5 Å². The average Bonchev–Trinajstić information content (AvgIpc) is 3.17. The number of nitrogens with zero attached hydrogens (tertiary/aromatic N) is 1. The maximum atomic E-state index is 12.4. The summed E-state index contributed by atoms with van der Waals surface area (Å²) in [6, 6.07) is 7.76. The molecule has 1 aromatic carbocycles. The highest BCUT2D eigenvalue weighted by Crippen LogP contribution is 2.29. The Morgan fingerprint density at radius 1 is 1.29 bits per heavy atom. The van der Waals surface area contributed by atoms with Crippen molar-refractivity contribution in [1.29, 1.82) is 0 Å². The number of hydrogen-bond donors (Lipinski definition) is 1. The molecular formula is C16H20N2O5S. The van der Waals surface area contributed by atoms with Gasteiger partial charge >= 0.3 is 0 Å². The monoisotopic (exact) mass is 352 g/mol. The molecule has 0 unspecified atom stereocenters. The maximum Gasteiger partial charge on any atom is 0.264 e. The predicted molar refractivity (Wildman–Crippen MR) is 87.4 cm³/mol. The van der Waals surface area contributed by atoms with E-state index in [0.29, 0.717) is 18.1 Å². The van der Waals surface area contributed by atoms with E-state index in [2.05, 4.69) is 9.88 Å². The zero-order valence-electron chi connectivity index (χ0n) is 13.6. The molecule has 2 heterocycles. The van der Waals surface area contributed by atoms with Gasteiger partial charge < -0.3 is 14.0 Å². The summed E-state index contributed by atoms with van der Waals surface area (Å²) in [4.78, 5) is 0.119. The molecule has 7 nitrogen and oxygen atoms in total. The summed E-state index contributed by atoms with van der Waals surface area (Å²) in [5, 5.41) is 3.88. The highest BCUT2D eigenvalue weighted by Gasteiger charge is 2.23. The van der Waals surface area contributed by atoms with Crippen LogP contribution in [0.4, 0.5) is 5.88 Å². The van der Waals surface area contributed by atoms with Crippen molar-refractivity contribution in [2.24, 2.45) is 0 Å². The van der Waals surface area contributed by atoms with Crippen molar-refractivity contribution >= 4 is 15.9 Å². The number of hydrogen-bond acceptors (Lipinski definition) is 6. The first kappa shape index (κ1) is 16.8. The third-order valence-electron chi connectivity index (χ3n) is 3.53. The van der Waals surface area contributed by atoms with E-state index in [9.17, 15) is 8.42 Å². The Hall–Kier alpha value is -2.06. The Balaban J connectivity index is 1.71. The summed E-state index contributed by atoms with van der Waals surface area (Å²) >= 11 is 0. The van der Waals surface area contributed by atoms with Crippen LogP contribution >= 0.6 is 0 Å². The third kappa shape index (κ3) is 3.88. The van der Waals surface area contributed by atoms with Gasteiger partial charge in [-0.1, -0.05) is 5.16 Å². The van der Waals surface area contributed by atoms with Crippen molar-refractivity contribution in [3.63, 3.8) is 0 Å². The smallest absolute Gasteiger partial charge is 0.264 e. The van der Waals surface area contributed by atoms with Crippen molar-refractivity contribution in [1.82, 2.24) is 5.16 Å². The van der Waals surface area contributed by atoms with Crippen molar-refractivity contribution < 1.29 is 22.4 Å². The van der Waals surface area contributed by atoms with Crippen LogP contribution in [0.15, 0.2) is 39.8 Å².